The molecule has 0 aliphatic carbocycles. The molecular formula is C12H12O3. The van der Waals surface area contributed by atoms with Gasteiger partial charge in [0.2, 0.25) is 6.29 Å². The number of carbonyl (C=O) groups excluding carboxylic acids is 1. The molecule has 1 atom stereocenters. The summed E-state index contributed by atoms with van der Waals surface area (Å²) < 4.78 is 10.2. The van der Waals surface area contributed by atoms with Crippen LogP contribution in [-0.4, -0.2) is 12.6 Å². The Labute approximate surface area is 89.0 Å². The minimum absolute atomic E-state index is 0.104. The topological polar surface area (TPSA) is 35.5 Å². The molecule has 1 unspecified atom stereocenters. The SMILES string of the molecule is C#CCOC(OC(C)=O)c1ccccc1. The van der Waals surface area contributed by atoms with Crippen molar-refractivity contribution in [1.82, 2.24) is 0 Å². The van der Waals surface area contributed by atoms with Crippen molar-refractivity contribution < 1.29 is 14.3 Å². The molecule has 0 fully saturated rings. The van der Waals surface area contributed by atoms with E-state index in [0.29, 0.717) is 0 Å². The first-order valence-corrected chi connectivity index (χ1v) is 4.51. The fourth-order valence-corrected chi connectivity index (χ4v) is 1.08. The van der Waals surface area contributed by atoms with Crippen molar-refractivity contribution in [2.24, 2.45) is 0 Å². The fourth-order valence-electron chi connectivity index (χ4n) is 1.08. The minimum Gasteiger partial charge on any atom is -0.431 e. The first-order valence-electron chi connectivity index (χ1n) is 4.51. The van der Waals surface area contributed by atoms with Gasteiger partial charge in [-0.3, -0.25) is 4.79 Å². The summed E-state index contributed by atoms with van der Waals surface area (Å²) in [6.45, 7) is 1.43. The van der Waals surface area contributed by atoms with Crippen molar-refractivity contribution in [2.75, 3.05) is 6.61 Å². The summed E-state index contributed by atoms with van der Waals surface area (Å²) in [5.41, 5.74) is 0.767. The van der Waals surface area contributed by atoms with Crippen LogP contribution in [0.2, 0.25) is 0 Å². The summed E-state index contributed by atoms with van der Waals surface area (Å²) in [4.78, 5) is 10.8. The van der Waals surface area contributed by atoms with Crippen LogP contribution in [0.5, 0.6) is 0 Å². The third-order valence-corrected chi connectivity index (χ3v) is 1.66. The summed E-state index contributed by atoms with van der Waals surface area (Å²) in [7, 11) is 0. The molecule has 78 valence electrons. The number of terminal acetylenes is 1. The Hall–Kier alpha value is -1.79. The van der Waals surface area contributed by atoms with Gasteiger partial charge in [0.05, 0.1) is 0 Å². The summed E-state index contributed by atoms with van der Waals surface area (Å²) in [5, 5.41) is 0. The van der Waals surface area contributed by atoms with E-state index in [9.17, 15) is 4.79 Å². The van der Waals surface area contributed by atoms with Gasteiger partial charge in [-0.25, -0.2) is 0 Å². The van der Waals surface area contributed by atoms with E-state index in [-0.39, 0.29) is 6.61 Å². The highest BCUT2D eigenvalue weighted by atomic mass is 16.7. The van der Waals surface area contributed by atoms with Gasteiger partial charge in [0, 0.05) is 12.5 Å². The van der Waals surface area contributed by atoms with Gasteiger partial charge in [-0.2, -0.15) is 0 Å². The van der Waals surface area contributed by atoms with Gasteiger partial charge in [0.25, 0.3) is 0 Å². The van der Waals surface area contributed by atoms with Gasteiger partial charge in [0.1, 0.15) is 6.61 Å². The standard InChI is InChI=1S/C12H12O3/c1-3-9-14-12(15-10(2)13)11-7-5-4-6-8-11/h1,4-8,12H,9H2,2H3. The molecule has 1 rings (SSSR count). The second-order valence-electron chi connectivity index (χ2n) is 2.87. The molecule has 0 saturated carbocycles. The monoisotopic (exact) mass is 204 g/mol. The van der Waals surface area contributed by atoms with Crippen LogP contribution in [-0.2, 0) is 14.3 Å². The van der Waals surface area contributed by atoms with Gasteiger partial charge in [-0.05, 0) is 0 Å². The van der Waals surface area contributed by atoms with E-state index in [1.807, 2.05) is 30.3 Å². The molecule has 3 heteroatoms. The predicted molar refractivity (Wildman–Crippen MR) is 55.7 cm³/mol. The molecule has 0 aliphatic rings. The summed E-state index contributed by atoms with van der Waals surface area (Å²) >= 11 is 0. The molecule has 0 radical (unpaired) electrons. The maximum atomic E-state index is 10.8. The van der Waals surface area contributed by atoms with Gasteiger partial charge in [-0.1, -0.05) is 36.3 Å². The van der Waals surface area contributed by atoms with E-state index in [1.54, 1.807) is 0 Å². The Bertz CT molecular complexity index is 351. The second-order valence-corrected chi connectivity index (χ2v) is 2.87. The quantitative estimate of drug-likeness (QED) is 0.427. The van der Waals surface area contributed by atoms with Crippen molar-refractivity contribution in [3.05, 3.63) is 35.9 Å². The third kappa shape index (κ3) is 3.84. The van der Waals surface area contributed by atoms with Crippen LogP contribution >= 0.6 is 0 Å². The zero-order valence-corrected chi connectivity index (χ0v) is 8.47. The van der Waals surface area contributed by atoms with Crippen LogP contribution in [0.15, 0.2) is 30.3 Å². The average molecular weight is 204 g/mol. The Morgan fingerprint density at radius 2 is 2.13 bits per heavy atom. The van der Waals surface area contributed by atoms with E-state index in [1.165, 1.54) is 6.92 Å². The fraction of sp³-hybridized carbons (Fsp3) is 0.250. The molecule has 0 N–H and O–H groups in total. The maximum absolute atomic E-state index is 10.8. The van der Waals surface area contributed by atoms with E-state index in [2.05, 4.69) is 5.92 Å². The molecule has 0 amide bonds. The Kier molecular flexibility index (Phi) is 4.39. The third-order valence-electron chi connectivity index (χ3n) is 1.66. The number of hydrogen-bond donors (Lipinski definition) is 0. The van der Waals surface area contributed by atoms with Crippen molar-refractivity contribution in [1.29, 1.82) is 0 Å². The maximum Gasteiger partial charge on any atom is 0.305 e. The number of rotatable bonds is 4. The summed E-state index contributed by atoms with van der Waals surface area (Å²) in [6, 6.07) is 9.17. The average Bonchev–Trinajstić information content (AvgIpc) is 2.25. The molecule has 0 aromatic heterocycles. The summed E-state index contributed by atoms with van der Waals surface area (Å²) in [6.07, 6.45) is 4.35. The lowest BCUT2D eigenvalue weighted by atomic mass is 10.2. The van der Waals surface area contributed by atoms with E-state index in [0.717, 1.165) is 5.56 Å². The minimum atomic E-state index is -0.722. The van der Waals surface area contributed by atoms with Gasteiger partial charge < -0.3 is 9.47 Å². The molecule has 1 aromatic carbocycles. The lowest BCUT2D eigenvalue weighted by Crippen LogP contribution is -2.12. The van der Waals surface area contributed by atoms with Crippen LogP contribution in [0, 0.1) is 12.3 Å². The normalized spacial score (nSPS) is 11.5. The first kappa shape index (κ1) is 11.3. The number of esters is 1. The van der Waals surface area contributed by atoms with E-state index >= 15 is 0 Å². The molecule has 0 aliphatic heterocycles. The molecule has 3 nitrogen and oxygen atoms in total. The summed E-state index contributed by atoms with van der Waals surface area (Å²) in [5.74, 6) is 1.93. The molecule has 1 aromatic rings. The Morgan fingerprint density at radius 3 is 2.67 bits per heavy atom. The zero-order valence-electron chi connectivity index (χ0n) is 8.47. The molecule has 0 saturated heterocycles. The highest BCUT2D eigenvalue weighted by molar-refractivity contribution is 5.66. The number of hydrogen-bond acceptors (Lipinski definition) is 3. The number of ether oxygens (including phenoxy) is 2. The lowest BCUT2D eigenvalue weighted by molar-refractivity contribution is -0.175. The zero-order chi connectivity index (χ0) is 11.1. The van der Waals surface area contributed by atoms with Crippen molar-refractivity contribution in [3.63, 3.8) is 0 Å². The number of carbonyl (C=O) groups is 1. The molecule has 0 heterocycles. The predicted octanol–water partition coefficient (Wildman–Crippen LogP) is 1.90. The van der Waals surface area contributed by atoms with Gasteiger partial charge >= 0.3 is 5.97 Å². The molecule has 0 bridgehead atoms. The van der Waals surface area contributed by atoms with Crippen molar-refractivity contribution >= 4 is 5.97 Å². The van der Waals surface area contributed by atoms with Gasteiger partial charge in [-0.15, -0.1) is 6.42 Å². The molecular weight excluding hydrogens is 192 g/mol. The second kappa shape index (κ2) is 5.84. The van der Waals surface area contributed by atoms with Crippen LogP contribution in [0.3, 0.4) is 0 Å². The van der Waals surface area contributed by atoms with Crippen LogP contribution in [0.1, 0.15) is 18.8 Å². The molecule has 15 heavy (non-hydrogen) atoms. The van der Waals surface area contributed by atoms with Crippen LogP contribution in [0.25, 0.3) is 0 Å². The van der Waals surface area contributed by atoms with E-state index < -0.39 is 12.3 Å². The number of benzene rings is 1. The largest absolute Gasteiger partial charge is 0.431 e. The van der Waals surface area contributed by atoms with Gasteiger partial charge in [0.15, 0.2) is 0 Å². The van der Waals surface area contributed by atoms with Crippen molar-refractivity contribution in [2.45, 2.75) is 13.2 Å². The van der Waals surface area contributed by atoms with E-state index in [4.69, 9.17) is 15.9 Å². The molecule has 0 spiro atoms. The first-order chi connectivity index (χ1) is 7.24. The van der Waals surface area contributed by atoms with Crippen LogP contribution < -0.4 is 0 Å². The highest BCUT2D eigenvalue weighted by Gasteiger charge is 2.13. The van der Waals surface area contributed by atoms with Crippen molar-refractivity contribution in [3.8, 4) is 12.3 Å². The van der Waals surface area contributed by atoms with Crippen LogP contribution in [0.4, 0.5) is 0 Å². The Morgan fingerprint density at radius 1 is 1.47 bits per heavy atom. The lowest BCUT2D eigenvalue weighted by Gasteiger charge is -2.16. The highest BCUT2D eigenvalue weighted by Crippen LogP contribution is 2.18. The smallest absolute Gasteiger partial charge is 0.305 e. The Balaban J connectivity index is 2.72.